The molecule has 2 rings (SSSR count). The van der Waals surface area contributed by atoms with Crippen molar-refractivity contribution < 1.29 is 0 Å². The van der Waals surface area contributed by atoms with Crippen LogP contribution in [-0.4, -0.2) is 18.6 Å². The van der Waals surface area contributed by atoms with E-state index in [1.54, 1.807) is 0 Å². The summed E-state index contributed by atoms with van der Waals surface area (Å²) in [6.07, 6.45) is 9.77. The lowest BCUT2D eigenvalue weighted by molar-refractivity contribution is 0.130. The summed E-state index contributed by atoms with van der Waals surface area (Å²) in [5.74, 6) is 0. The molecule has 0 aliphatic heterocycles. The Morgan fingerprint density at radius 2 is 1.71 bits per heavy atom. The van der Waals surface area contributed by atoms with Crippen LogP contribution in [0, 0.1) is 5.41 Å². The van der Waals surface area contributed by atoms with Gasteiger partial charge >= 0.3 is 0 Å². The predicted octanol–water partition coefficient (Wildman–Crippen LogP) is 2.04. The van der Waals surface area contributed by atoms with Gasteiger partial charge in [0.15, 0.2) is 0 Å². The molecule has 2 nitrogen and oxygen atoms in total. The molecular formula is C12H24N2. The molecule has 14 heavy (non-hydrogen) atoms. The minimum Gasteiger partial charge on any atom is -0.329 e. The van der Waals surface area contributed by atoms with E-state index in [9.17, 15) is 0 Å². The van der Waals surface area contributed by atoms with Crippen LogP contribution in [0.5, 0.6) is 0 Å². The Morgan fingerprint density at radius 1 is 1.07 bits per heavy atom. The monoisotopic (exact) mass is 196 g/mol. The van der Waals surface area contributed by atoms with Gasteiger partial charge in [-0.25, -0.2) is 0 Å². The zero-order chi connectivity index (χ0) is 10.1. The Hall–Kier alpha value is -0.0800. The maximum atomic E-state index is 6.05. The average Bonchev–Trinajstić information content (AvgIpc) is 2.78. The lowest BCUT2D eigenvalue weighted by Crippen LogP contribution is -2.58. The molecule has 0 aromatic rings. The van der Waals surface area contributed by atoms with Gasteiger partial charge in [-0.1, -0.05) is 26.2 Å². The Bertz CT molecular complexity index is 191. The minimum atomic E-state index is 0.290. The van der Waals surface area contributed by atoms with Crippen molar-refractivity contribution in [2.45, 2.75) is 57.4 Å². The maximum absolute atomic E-state index is 6.05. The summed E-state index contributed by atoms with van der Waals surface area (Å²) in [7, 11) is 0. The highest BCUT2D eigenvalue weighted by molar-refractivity contribution is 5.11. The largest absolute Gasteiger partial charge is 0.329 e. The smallest absolute Gasteiger partial charge is 0.0360 e. The molecule has 2 heteroatoms. The molecule has 0 aromatic carbocycles. The molecule has 0 heterocycles. The van der Waals surface area contributed by atoms with E-state index in [1.807, 2.05) is 0 Å². The number of hydrogen-bond acceptors (Lipinski definition) is 2. The topological polar surface area (TPSA) is 38.0 Å². The second-order valence-electron chi connectivity index (χ2n) is 5.16. The molecule has 1 atom stereocenters. The SMILES string of the molecule is CCNC1(CN)CCCC12CCCC2. The second kappa shape index (κ2) is 3.82. The van der Waals surface area contributed by atoms with Crippen molar-refractivity contribution in [2.75, 3.05) is 13.1 Å². The highest BCUT2D eigenvalue weighted by Crippen LogP contribution is 2.55. The number of nitrogens with one attached hydrogen (secondary N) is 1. The molecule has 0 radical (unpaired) electrons. The first-order valence-electron chi connectivity index (χ1n) is 6.24. The highest BCUT2D eigenvalue weighted by atomic mass is 15.0. The number of rotatable bonds is 3. The van der Waals surface area contributed by atoms with Gasteiger partial charge in [0.1, 0.15) is 0 Å². The van der Waals surface area contributed by atoms with Crippen LogP contribution in [0.1, 0.15) is 51.9 Å². The third kappa shape index (κ3) is 1.31. The first-order valence-corrected chi connectivity index (χ1v) is 6.24. The summed E-state index contributed by atoms with van der Waals surface area (Å²) < 4.78 is 0. The first-order chi connectivity index (χ1) is 6.79. The summed E-state index contributed by atoms with van der Waals surface area (Å²) in [4.78, 5) is 0. The van der Waals surface area contributed by atoms with E-state index < -0.39 is 0 Å². The van der Waals surface area contributed by atoms with E-state index in [4.69, 9.17) is 5.73 Å². The van der Waals surface area contributed by atoms with Gasteiger partial charge in [-0.3, -0.25) is 0 Å². The molecule has 82 valence electrons. The van der Waals surface area contributed by atoms with E-state index >= 15 is 0 Å². The second-order valence-corrected chi connectivity index (χ2v) is 5.16. The minimum absolute atomic E-state index is 0.290. The van der Waals surface area contributed by atoms with Crippen molar-refractivity contribution in [2.24, 2.45) is 11.1 Å². The molecule has 2 fully saturated rings. The molecular weight excluding hydrogens is 172 g/mol. The highest BCUT2D eigenvalue weighted by Gasteiger charge is 2.54. The zero-order valence-electron chi connectivity index (χ0n) is 9.44. The summed E-state index contributed by atoms with van der Waals surface area (Å²) in [5, 5.41) is 3.72. The normalized spacial score (nSPS) is 35.6. The molecule has 2 saturated carbocycles. The number of likely N-dealkylation sites (N-methyl/N-ethyl adjacent to an activating group) is 1. The van der Waals surface area contributed by atoms with Gasteiger partial charge in [0.2, 0.25) is 0 Å². The fourth-order valence-electron chi connectivity index (χ4n) is 4.02. The van der Waals surface area contributed by atoms with Gasteiger partial charge in [0.05, 0.1) is 0 Å². The van der Waals surface area contributed by atoms with Crippen LogP contribution < -0.4 is 11.1 Å². The van der Waals surface area contributed by atoms with Crippen LogP contribution in [-0.2, 0) is 0 Å². The summed E-state index contributed by atoms with van der Waals surface area (Å²) in [6, 6.07) is 0. The lowest BCUT2D eigenvalue weighted by Gasteiger charge is -2.44. The van der Waals surface area contributed by atoms with Gasteiger partial charge in [-0.2, -0.15) is 0 Å². The van der Waals surface area contributed by atoms with E-state index in [1.165, 1.54) is 44.9 Å². The third-order valence-electron chi connectivity index (χ3n) is 4.70. The summed E-state index contributed by atoms with van der Waals surface area (Å²) >= 11 is 0. The molecule has 0 bridgehead atoms. The summed E-state index contributed by atoms with van der Waals surface area (Å²) in [5.41, 5.74) is 6.90. The Labute approximate surface area is 87.6 Å². The van der Waals surface area contributed by atoms with E-state index in [0.717, 1.165) is 13.1 Å². The first kappa shape index (κ1) is 10.4. The van der Waals surface area contributed by atoms with Crippen LogP contribution in [0.4, 0.5) is 0 Å². The number of hydrogen-bond donors (Lipinski definition) is 2. The quantitative estimate of drug-likeness (QED) is 0.725. The summed E-state index contributed by atoms with van der Waals surface area (Å²) in [6.45, 7) is 4.11. The predicted molar refractivity (Wildman–Crippen MR) is 60.2 cm³/mol. The Balaban J connectivity index is 2.21. The van der Waals surface area contributed by atoms with Gasteiger partial charge in [0.25, 0.3) is 0 Å². The van der Waals surface area contributed by atoms with E-state index in [-0.39, 0.29) is 5.54 Å². The average molecular weight is 196 g/mol. The van der Waals surface area contributed by atoms with Crippen LogP contribution >= 0.6 is 0 Å². The molecule has 2 aliphatic carbocycles. The van der Waals surface area contributed by atoms with Crippen molar-refractivity contribution in [3.05, 3.63) is 0 Å². The molecule has 1 spiro atoms. The Morgan fingerprint density at radius 3 is 2.29 bits per heavy atom. The van der Waals surface area contributed by atoms with Gasteiger partial charge in [0, 0.05) is 12.1 Å². The van der Waals surface area contributed by atoms with Gasteiger partial charge in [-0.05, 0) is 37.6 Å². The molecule has 2 aliphatic rings. The molecule has 0 saturated heterocycles. The zero-order valence-corrected chi connectivity index (χ0v) is 9.44. The third-order valence-corrected chi connectivity index (χ3v) is 4.70. The molecule has 0 amide bonds. The van der Waals surface area contributed by atoms with E-state index in [0.29, 0.717) is 5.41 Å². The fourth-order valence-corrected chi connectivity index (χ4v) is 4.02. The Kier molecular flexibility index (Phi) is 2.85. The fraction of sp³-hybridized carbons (Fsp3) is 1.00. The van der Waals surface area contributed by atoms with Crippen molar-refractivity contribution in [1.82, 2.24) is 5.32 Å². The van der Waals surface area contributed by atoms with Gasteiger partial charge in [-0.15, -0.1) is 0 Å². The van der Waals surface area contributed by atoms with Gasteiger partial charge < -0.3 is 11.1 Å². The lowest BCUT2D eigenvalue weighted by atomic mass is 9.70. The standard InChI is InChI=1S/C12H24N2/c1-2-14-12(10-13)9-5-8-11(12)6-3-4-7-11/h14H,2-10,13H2,1H3. The van der Waals surface area contributed by atoms with Crippen LogP contribution in [0.2, 0.25) is 0 Å². The molecule has 0 aromatic heterocycles. The van der Waals surface area contributed by atoms with Crippen molar-refractivity contribution in [3.8, 4) is 0 Å². The van der Waals surface area contributed by atoms with Crippen molar-refractivity contribution in [3.63, 3.8) is 0 Å². The molecule has 3 N–H and O–H groups in total. The van der Waals surface area contributed by atoms with Crippen LogP contribution in [0.3, 0.4) is 0 Å². The van der Waals surface area contributed by atoms with Crippen LogP contribution in [0.15, 0.2) is 0 Å². The molecule has 1 unspecified atom stereocenters. The van der Waals surface area contributed by atoms with Crippen molar-refractivity contribution >= 4 is 0 Å². The van der Waals surface area contributed by atoms with Crippen LogP contribution in [0.25, 0.3) is 0 Å². The maximum Gasteiger partial charge on any atom is 0.0360 e. The number of nitrogens with two attached hydrogens (primary N) is 1. The van der Waals surface area contributed by atoms with E-state index in [2.05, 4.69) is 12.2 Å². The van der Waals surface area contributed by atoms with Crippen molar-refractivity contribution in [1.29, 1.82) is 0 Å².